The molecular formula is C10H23NO4. The van der Waals surface area contributed by atoms with Crippen LogP contribution in [0.1, 0.15) is 13.3 Å². The SMILES string of the molecule is CCOCC(O)CNCCC(O)COC. The van der Waals surface area contributed by atoms with Crippen molar-refractivity contribution in [1.82, 2.24) is 5.32 Å². The summed E-state index contributed by atoms with van der Waals surface area (Å²) < 4.78 is 9.84. The molecule has 0 aliphatic heterocycles. The second-order valence-electron chi connectivity index (χ2n) is 3.42. The van der Waals surface area contributed by atoms with Gasteiger partial charge in [0.15, 0.2) is 0 Å². The Labute approximate surface area is 91.4 Å². The summed E-state index contributed by atoms with van der Waals surface area (Å²) in [6.07, 6.45) is -0.300. The van der Waals surface area contributed by atoms with Crippen molar-refractivity contribution >= 4 is 0 Å². The first-order chi connectivity index (χ1) is 7.20. The zero-order valence-electron chi connectivity index (χ0n) is 9.61. The summed E-state index contributed by atoms with van der Waals surface area (Å²) in [5.41, 5.74) is 0. The summed E-state index contributed by atoms with van der Waals surface area (Å²) in [5.74, 6) is 0. The summed E-state index contributed by atoms with van der Waals surface area (Å²) in [7, 11) is 1.56. The van der Waals surface area contributed by atoms with E-state index in [-0.39, 0.29) is 0 Å². The molecule has 0 rings (SSSR count). The summed E-state index contributed by atoms with van der Waals surface area (Å²) in [6, 6.07) is 0. The Morgan fingerprint density at radius 2 is 1.93 bits per heavy atom. The number of nitrogens with one attached hydrogen (secondary N) is 1. The average molecular weight is 221 g/mol. The van der Waals surface area contributed by atoms with E-state index >= 15 is 0 Å². The maximum atomic E-state index is 9.37. The van der Waals surface area contributed by atoms with Gasteiger partial charge in [0, 0.05) is 20.3 Å². The highest BCUT2D eigenvalue weighted by molar-refractivity contribution is 4.61. The molecule has 0 saturated carbocycles. The van der Waals surface area contributed by atoms with Gasteiger partial charge in [0.2, 0.25) is 0 Å². The molecule has 0 bridgehead atoms. The van der Waals surface area contributed by atoms with Crippen LogP contribution >= 0.6 is 0 Å². The average Bonchev–Trinajstić information content (AvgIpc) is 2.22. The van der Waals surface area contributed by atoms with Crippen molar-refractivity contribution < 1.29 is 19.7 Å². The molecule has 5 nitrogen and oxygen atoms in total. The third kappa shape index (κ3) is 10.1. The Kier molecular flexibility index (Phi) is 10.2. The van der Waals surface area contributed by atoms with E-state index in [9.17, 15) is 10.2 Å². The van der Waals surface area contributed by atoms with Gasteiger partial charge in [-0.25, -0.2) is 0 Å². The van der Waals surface area contributed by atoms with E-state index < -0.39 is 12.2 Å². The van der Waals surface area contributed by atoms with Crippen molar-refractivity contribution in [3.63, 3.8) is 0 Å². The fourth-order valence-corrected chi connectivity index (χ4v) is 1.13. The fraction of sp³-hybridized carbons (Fsp3) is 1.00. The molecule has 3 N–H and O–H groups in total. The van der Waals surface area contributed by atoms with Crippen molar-refractivity contribution in [2.24, 2.45) is 0 Å². The number of aliphatic hydroxyl groups excluding tert-OH is 2. The predicted molar refractivity (Wildman–Crippen MR) is 57.9 cm³/mol. The Bertz CT molecular complexity index is 135. The molecule has 0 heterocycles. The molecule has 0 aliphatic rings. The maximum Gasteiger partial charge on any atom is 0.0897 e. The fourth-order valence-electron chi connectivity index (χ4n) is 1.13. The lowest BCUT2D eigenvalue weighted by Crippen LogP contribution is -2.32. The molecule has 0 aromatic rings. The van der Waals surface area contributed by atoms with E-state index in [1.54, 1.807) is 7.11 Å². The molecule has 5 heteroatoms. The maximum absolute atomic E-state index is 9.37. The minimum Gasteiger partial charge on any atom is -0.391 e. The third-order valence-corrected chi connectivity index (χ3v) is 1.91. The van der Waals surface area contributed by atoms with Crippen LogP contribution in [0.5, 0.6) is 0 Å². The first kappa shape index (κ1) is 14.8. The molecule has 0 spiro atoms. The smallest absolute Gasteiger partial charge is 0.0897 e. The van der Waals surface area contributed by atoms with Gasteiger partial charge in [-0.15, -0.1) is 0 Å². The zero-order valence-corrected chi connectivity index (χ0v) is 9.61. The second-order valence-corrected chi connectivity index (χ2v) is 3.42. The number of aliphatic hydroxyl groups is 2. The lowest BCUT2D eigenvalue weighted by atomic mass is 10.2. The highest BCUT2D eigenvalue weighted by Crippen LogP contribution is 1.90. The molecule has 0 amide bonds. The highest BCUT2D eigenvalue weighted by Gasteiger charge is 2.05. The van der Waals surface area contributed by atoms with Gasteiger partial charge in [-0.1, -0.05) is 0 Å². The van der Waals surface area contributed by atoms with Crippen molar-refractivity contribution in [1.29, 1.82) is 0 Å². The monoisotopic (exact) mass is 221 g/mol. The molecule has 2 atom stereocenters. The van der Waals surface area contributed by atoms with Crippen LogP contribution in [0, 0.1) is 0 Å². The van der Waals surface area contributed by atoms with Gasteiger partial charge in [-0.05, 0) is 19.9 Å². The van der Waals surface area contributed by atoms with Crippen LogP contribution in [0.4, 0.5) is 0 Å². The summed E-state index contributed by atoms with van der Waals surface area (Å²) in [5, 5.41) is 21.7. The summed E-state index contributed by atoms with van der Waals surface area (Å²) >= 11 is 0. The minimum atomic E-state index is -0.482. The first-order valence-electron chi connectivity index (χ1n) is 5.34. The highest BCUT2D eigenvalue weighted by atomic mass is 16.5. The molecule has 0 saturated heterocycles. The van der Waals surface area contributed by atoms with E-state index in [0.29, 0.717) is 39.3 Å². The van der Waals surface area contributed by atoms with E-state index in [1.165, 1.54) is 0 Å². The van der Waals surface area contributed by atoms with Gasteiger partial charge in [0.05, 0.1) is 25.4 Å². The van der Waals surface area contributed by atoms with E-state index in [0.717, 1.165) is 0 Å². The Morgan fingerprint density at radius 3 is 2.53 bits per heavy atom. The van der Waals surface area contributed by atoms with Crippen LogP contribution < -0.4 is 5.32 Å². The van der Waals surface area contributed by atoms with Crippen molar-refractivity contribution in [2.45, 2.75) is 25.6 Å². The topological polar surface area (TPSA) is 71.0 Å². The standard InChI is InChI=1S/C10H23NO4/c1-3-15-8-10(13)6-11-5-4-9(12)7-14-2/h9-13H,3-8H2,1-2H3. The first-order valence-corrected chi connectivity index (χ1v) is 5.34. The van der Waals surface area contributed by atoms with Gasteiger partial charge in [0.1, 0.15) is 0 Å². The number of ether oxygens (including phenoxy) is 2. The normalized spacial score (nSPS) is 15.2. The van der Waals surface area contributed by atoms with Gasteiger partial charge >= 0.3 is 0 Å². The minimum absolute atomic E-state index is 0.350. The second kappa shape index (κ2) is 10.3. The van der Waals surface area contributed by atoms with Gasteiger partial charge in [0.25, 0.3) is 0 Å². The molecule has 0 fully saturated rings. The van der Waals surface area contributed by atoms with Crippen LogP contribution in [0.15, 0.2) is 0 Å². The number of hydrogen-bond acceptors (Lipinski definition) is 5. The van der Waals surface area contributed by atoms with E-state index in [2.05, 4.69) is 5.32 Å². The molecule has 0 aromatic heterocycles. The van der Waals surface area contributed by atoms with Crippen LogP contribution in [-0.2, 0) is 9.47 Å². The van der Waals surface area contributed by atoms with Crippen molar-refractivity contribution in [3.05, 3.63) is 0 Å². The quantitative estimate of drug-likeness (QED) is 0.429. The van der Waals surface area contributed by atoms with Crippen LogP contribution in [0.25, 0.3) is 0 Å². The van der Waals surface area contributed by atoms with Gasteiger partial charge in [-0.2, -0.15) is 0 Å². The molecule has 0 radical (unpaired) electrons. The van der Waals surface area contributed by atoms with E-state index in [1.807, 2.05) is 6.92 Å². The zero-order chi connectivity index (χ0) is 11.5. The van der Waals surface area contributed by atoms with Crippen LogP contribution in [-0.4, -0.2) is 62.4 Å². The third-order valence-electron chi connectivity index (χ3n) is 1.91. The molecule has 0 aliphatic carbocycles. The lowest BCUT2D eigenvalue weighted by molar-refractivity contribution is 0.0399. The van der Waals surface area contributed by atoms with Crippen LogP contribution in [0.3, 0.4) is 0 Å². The Morgan fingerprint density at radius 1 is 1.20 bits per heavy atom. The molecule has 15 heavy (non-hydrogen) atoms. The Hall–Kier alpha value is -0.200. The van der Waals surface area contributed by atoms with Gasteiger partial charge in [-0.3, -0.25) is 0 Å². The summed E-state index contributed by atoms with van der Waals surface area (Å²) in [4.78, 5) is 0. The van der Waals surface area contributed by atoms with Crippen molar-refractivity contribution in [2.75, 3.05) is 40.0 Å². The number of rotatable bonds is 10. The molecule has 2 unspecified atom stereocenters. The number of hydrogen-bond donors (Lipinski definition) is 3. The van der Waals surface area contributed by atoms with Crippen LogP contribution in [0.2, 0.25) is 0 Å². The summed E-state index contributed by atoms with van der Waals surface area (Å²) in [6.45, 7) is 4.35. The number of methoxy groups -OCH3 is 1. The largest absolute Gasteiger partial charge is 0.391 e. The van der Waals surface area contributed by atoms with Gasteiger partial charge < -0.3 is 25.0 Å². The van der Waals surface area contributed by atoms with E-state index in [4.69, 9.17) is 9.47 Å². The Balaban J connectivity index is 3.22. The molecule has 0 aromatic carbocycles. The molecule has 92 valence electrons. The predicted octanol–water partition coefficient (Wildman–Crippen LogP) is -0.629. The molecular weight excluding hydrogens is 198 g/mol. The van der Waals surface area contributed by atoms with Crippen molar-refractivity contribution in [3.8, 4) is 0 Å². The lowest BCUT2D eigenvalue weighted by Gasteiger charge is -2.13.